The lowest BCUT2D eigenvalue weighted by Gasteiger charge is -2.16. The summed E-state index contributed by atoms with van der Waals surface area (Å²) in [6, 6.07) is 14.6. The number of hydrogen-bond donors (Lipinski definition) is 2. The van der Waals surface area contributed by atoms with E-state index < -0.39 is 0 Å². The quantitative estimate of drug-likeness (QED) is 0.749. The molecule has 25 heavy (non-hydrogen) atoms. The molecule has 1 aromatic heterocycles. The van der Waals surface area contributed by atoms with Gasteiger partial charge in [-0.25, -0.2) is 14.5 Å². The predicted octanol–water partition coefficient (Wildman–Crippen LogP) is 3.16. The van der Waals surface area contributed by atoms with Crippen LogP contribution in [0.15, 0.2) is 61.2 Å². The maximum Gasteiger partial charge on any atom is 0.319 e. The molecule has 0 spiro atoms. The number of carbonyl (C=O) groups excluding carboxylic acids is 1. The Morgan fingerprint density at radius 2 is 1.92 bits per heavy atom. The third-order valence-corrected chi connectivity index (χ3v) is 3.78. The summed E-state index contributed by atoms with van der Waals surface area (Å²) in [5.74, 6) is 0.613. The van der Waals surface area contributed by atoms with Gasteiger partial charge in [0, 0.05) is 0 Å². The molecule has 0 bridgehead atoms. The molecule has 0 fully saturated rings. The zero-order valence-electron chi connectivity index (χ0n) is 14.0. The molecule has 0 saturated heterocycles. The maximum atomic E-state index is 12.2. The van der Waals surface area contributed by atoms with Crippen LogP contribution in [-0.2, 0) is 0 Å². The van der Waals surface area contributed by atoms with Gasteiger partial charge in [-0.2, -0.15) is 5.10 Å². The van der Waals surface area contributed by atoms with Crippen LogP contribution in [0, 0.1) is 0 Å². The first-order chi connectivity index (χ1) is 12.2. The minimum absolute atomic E-state index is 0.153. The topological polar surface area (TPSA) is 81.1 Å². The third kappa shape index (κ3) is 3.95. The number of ether oxygens (including phenoxy) is 1. The van der Waals surface area contributed by atoms with E-state index in [1.807, 2.05) is 43.3 Å². The molecule has 0 aliphatic carbocycles. The number of carbonyl (C=O) groups is 1. The van der Waals surface area contributed by atoms with Gasteiger partial charge < -0.3 is 15.4 Å². The molecular formula is C18H19N5O2. The minimum atomic E-state index is -0.294. The molecule has 0 unspecified atom stereocenters. The largest absolute Gasteiger partial charge is 0.495 e. The minimum Gasteiger partial charge on any atom is -0.495 e. The predicted molar refractivity (Wildman–Crippen MR) is 94.9 cm³/mol. The lowest BCUT2D eigenvalue weighted by atomic mass is 10.1. The fourth-order valence-electron chi connectivity index (χ4n) is 2.44. The standard InChI is InChI=1S/C18H19N5O2/c1-13(14-7-9-15(10-8-14)23-12-19-11-20-23)21-18(24)22-16-5-3-4-6-17(16)25-2/h3-13H,1-2H3,(H2,21,22,24)/t13-/m0/s1. The van der Waals surface area contributed by atoms with Crippen molar-refractivity contribution in [3.05, 3.63) is 66.7 Å². The van der Waals surface area contributed by atoms with E-state index in [4.69, 9.17) is 4.74 Å². The van der Waals surface area contributed by atoms with Crippen LogP contribution in [0.1, 0.15) is 18.5 Å². The molecule has 1 heterocycles. The second-order valence-corrected chi connectivity index (χ2v) is 5.45. The van der Waals surface area contributed by atoms with Crippen molar-refractivity contribution in [3.8, 4) is 11.4 Å². The van der Waals surface area contributed by atoms with Gasteiger partial charge >= 0.3 is 6.03 Å². The van der Waals surface area contributed by atoms with E-state index in [-0.39, 0.29) is 12.1 Å². The van der Waals surface area contributed by atoms with E-state index in [0.717, 1.165) is 11.3 Å². The first-order valence-corrected chi connectivity index (χ1v) is 7.83. The molecule has 128 valence electrons. The van der Waals surface area contributed by atoms with Gasteiger partial charge in [0.15, 0.2) is 0 Å². The molecular weight excluding hydrogens is 318 g/mol. The highest BCUT2D eigenvalue weighted by molar-refractivity contribution is 5.91. The fraction of sp³-hybridized carbons (Fsp3) is 0.167. The summed E-state index contributed by atoms with van der Waals surface area (Å²) in [4.78, 5) is 16.1. The summed E-state index contributed by atoms with van der Waals surface area (Å²) < 4.78 is 6.91. The van der Waals surface area contributed by atoms with Crippen molar-refractivity contribution in [1.82, 2.24) is 20.1 Å². The highest BCUT2D eigenvalue weighted by Gasteiger charge is 2.11. The van der Waals surface area contributed by atoms with Crippen molar-refractivity contribution in [3.63, 3.8) is 0 Å². The van der Waals surface area contributed by atoms with Crippen molar-refractivity contribution in [2.45, 2.75) is 13.0 Å². The van der Waals surface area contributed by atoms with E-state index >= 15 is 0 Å². The smallest absolute Gasteiger partial charge is 0.319 e. The van der Waals surface area contributed by atoms with E-state index in [2.05, 4.69) is 20.7 Å². The summed E-state index contributed by atoms with van der Waals surface area (Å²) in [7, 11) is 1.57. The number of amides is 2. The normalized spacial score (nSPS) is 11.6. The first kappa shape index (κ1) is 16.5. The summed E-state index contributed by atoms with van der Waals surface area (Å²) >= 11 is 0. The van der Waals surface area contributed by atoms with Crippen LogP contribution in [0.25, 0.3) is 5.69 Å². The van der Waals surface area contributed by atoms with E-state index in [1.54, 1.807) is 30.3 Å². The van der Waals surface area contributed by atoms with Crippen LogP contribution in [0.5, 0.6) is 5.75 Å². The second-order valence-electron chi connectivity index (χ2n) is 5.45. The number of benzene rings is 2. The molecule has 0 aliphatic heterocycles. The van der Waals surface area contributed by atoms with Gasteiger partial charge in [-0.1, -0.05) is 24.3 Å². The lowest BCUT2D eigenvalue weighted by molar-refractivity contribution is 0.249. The van der Waals surface area contributed by atoms with Crippen molar-refractivity contribution in [2.24, 2.45) is 0 Å². The van der Waals surface area contributed by atoms with Crippen LogP contribution >= 0.6 is 0 Å². The second kappa shape index (κ2) is 7.48. The number of anilines is 1. The Labute approximate surface area is 145 Å². The van der Waals surface area contributed by atoms with Gasteiger partial charge in [0.25, 0.3) is 0 Å². The van der Waals surface area contributed by atoms with Crippen molar-refractivity contribution < 1.29 is 9.53 Å². The zero-order valence-corrected chi connectivity index (χ0v) is 14.0. The van der Waals surface area contributed by atoms with Crippen LogP contribution in [0.2, 0.25) is 0 Å². The molecule has 2 aromatic carbocycles. The Morgan fingerprint density at radius 1 is 1.16 bits per heavy atom. The van der Waals surface area contributed by atoms with Gasteiger partial charge in [0.2, 0.25) is 0 Å². The number of rotatable bonds is 5. The summed E-state index contributed by atoms with van der Waals surface area (Å²) in [5, 5.41) is 9.79. The SMILES string of the molecule is COc1ccccc1NC(=O)N[C@@H](C)c1ccc(-n2cncn2)cc1. The first-order valence-electron chi connectivity index (χ1n) is 7.83. The van der Waals surface area contributed by atoms with Crippen LogP contribution in [0.4, 0.5) is 10.5 Å². The van der Waals surface area contributed by atoms with Crippen molar-refractivity contribution in [2.75, 3.05) is 12.4 Å². The summed E-state index contributed by atoms with van der Waals surface area (Å²) in [6.45, 7) is 1.92. The summed E-state index contributed by atoms with van der Waals surface area (Å²) in [6.07, 6.45) is 3.12. The molecule has 0 radical (unpaired) electrons. The van der Waals surface area contributed by atoms with Gasteiger partial charge in [-0.15, -0.1) is 0 Å². The Kier molecular flexibility index (Phi) is 4.94. The number of nitrogens with zero attached hydrogens (tertiary/aromatic N) is 3. The third-order valence-electron chi connectivity index (χ3n) is 3.78. The Morgan fingerprint density at radius 3 is 2.60 bits per heavy atom. The zero-order chi connectivity index (χ0) is 17.6. The monoisotopic (exact) mass is 337 g/mol. The van der Waals surface area contributed by atoms with Gasteiger partial charge in [-0.05, 0) is 36.8 Å². The average Bonchev–Trinajstić information content (AvgIpc) is 3.17. The number of urea groups is 1. The average molecular weight is 337 g/mol. The molecule has 2 N–H and O–H groups in total. The number of nitrogens with one attached hydrogen (secondary N) is 2. The molecule has 7 nitrogen and oxygen atoms in total. The summed E-state index contributed by atoms with van der Waals surface area (Å²) in [5.41, 5.74) is 2.52. The Balaban J connectivity index is 1.63. The molecule has 3 rings (SSSR count). The van der Waals surface area contributed by atoms with E-state index in [0.29, 0.717) is 11.4 Å². The van der Waals surface area contributed by atoms with Gasteiger partial charge in [0.1, 0.15) is 18.4 Å². The van der Waals surface area contributed by atoms with Crippen molar-refractivity contribution in [1.29, 1.82) is 0 Å². The number of hydrogen-bond acceptors (Lipinski definition) is 4. The lowest BCUT2D eigenvalue weighted by Crippen LogP contribution is -2.31. The van der Waals surface area contributed by atoms with Crippen LogP contribution in [0.3, 0.4) is 0 Å². The van der Waals surface area contributed by atoms with Gasteiger partial charge in [0.05, 0.1) is 24.5 Å². The Bertz CT molecular complexity index is 831. The van der Waals surface area contributed by atoms with Crippen molar-refractivity contribution >= 4 is 11.7 Å². The van der Waals surface area contributed by atoms with E-state index in [1.165, 1.54) is 6.33 Å². The number of para-hydroxylation sites is 2. The number of methoxy groups -OCH3 is 1. The molecule has 1 atom stereocenters. The molecule has 2 amide bonds. The Hall–Kier alpha value is -3.35. The fourth-order valence-corrected chi connectivity index (χ4v) is 2.44. The molecule has 0 aliphatic rings. The van der Waals surface area contributed by atoms with Crippen LogP contribution in [-0.4, -0.2) is 27.9 Å². The highest BCUT2D eigenvalue weighted by Crippen LogP contribution is 2.23. The van der Waals surface area contributed by atoms with E-state index in [9.17, 15) is 4.79 Å². The number of aromatic nitrogens is 3. The molecule has 0 saturated carbocycles. The molecule has 7 heteroatoms. The van der Waals surface area contributed by atoms with Crippen LogP contribution < -0.4 is 15.4 Å². The van der Waals surface area contributed by atoms with Gasteiger partial charge in [-0.3, -0.25) is 0 Å². The maximum absolute atomic E-state index is 12.2. The highest BCUT2D eigenvalue weighted by atomic mass is 16.5. The molecule has 3 aromatic rings.